The molecule has 68 valence electrons. The molecule has 0 aromatic heterocycles. The molecule has 0 unspecified atom stereocenters. The van der Waals surface area contributed by atoms with Gasteiger partial charge in [0.2, 0.25) is 0 Å². The summed E-state index contributed by atoms with van der Waals surface area (Å²) in [6.45, 7) is 0.466. The van der Waals surface area contributed by atoms with Crippen LogP contribution in [0.4, 0.5) is 4.79 Å². The summed E-state index contributed by atoms with van der Waals surface area (Å²) in [7, 11) is 0. The molecule has 1 aromatic carbocycles. The molecule has 1 aliphatic rings. The molecular weight excluding hydrogens is 173 g/mol. The van der Waals surface area contributed by atoms with E-state index in [1.807, 2.05) is 24.3 Å². The van der Waals surface area contributed by atoms with Crippen molar-refractivity contribution in [1.82, 2.24) is 5.32 Å². The van der Waals surface area contributed by atoms with Gasteiger partial charge in [0.1, 0.15) is 6.61 Å². The van der Waals surface area contributed by atoms with Gasteiger partial charge in [-0.25, -0.2) is 4.79 Å². The van der Waals surface area contributed by atoms with Gasteiger partial charge in [-0.3, -0.25) is 0 Å². The van der Waals surface area contributed by atoms with Gasteiger partial charge in [0, 0.05) is 0 Å². The first-order valence-corrected chi connectivity index (χ1v) is 4.23. The van der Waals surface area contributed by atoms with E-state index in [1.165, 1.54) is 5.56 Å². The van der Waals surface area contributed by atoms with E-state index in [2.05, 4.69) is 11.4 Å². The van der Waals surface area contributed by atoms with Crippen LogP contribution in [0.1, 0.15) is 5.56 Å². The van der Waals surface area contributed by atoms with Gasteiger partial charge >= 0.3 is 25.0 Å². The number of ether oxygens (including phenoxy) is 1. The second kappa shape index (κ2) is 5.09. The van der Waals surface area contributed by atoms with E-state index in [-0.39, 0.29) is 31.0 Å². The fourth-order valence-corrected chi connectivity index (χ4v) is 1.38. The first-order valence-electron chi connectivity index (χ1n) is 4.23. The van der Waals surface area contributed by atoms with Crippen LogP contribution in [0.5, 0.6) is 0 Å². The molecule has 0 bridgehead atoms. The summed E-state index contributed by atoms with van der Waals surface area (Å²) in [5.41, 5.74) is 1.17. The Bertz CT molecular complexity index is 302. The van der Waals surface area contributed by atoms with Crippen molar-refractivity contribution in [3.8, 4) is 0 Å². The van der Waals surface area contributed by atoms with Crippen molar-refractivity contribution in [2.45, 2.75) is 12.5 Å². The topological polar surface area (TPSA) is 38.3 Å². The molecule has 1 amide bonds. The summed E-state index contributed by atoms with van der Waals surface area (Å²) in [5.74, 6) is 0. The number of carbonyl (C=O) groups excluding carboxylic acids is 1. The largest absolute Gasteiger partial charge is 1.00 e. The van der Waals surface area contributed by atoms with Gasteiger partial charge in [-0.15, -0.1) is 0 Å². The van der Waals surface area contributed by atoms with Crippen LogP contribution in [0.15, 0.2) is 24.3 Å². The van der Waals surface area contributed by atoms with Crippen molar-refractivity contribution in [1.29, 1.82) is 0 Å². The molecule has 1 saturated heterocycles. The van der Waals surface area contributed by atoms with E-state index in [0.29, 0.717) is 6.61 Å². The SMILES string of the molecule is O=C1N[C@@H](Cc2c[c-]ccc2)CO1.[Li+]. The van der Waals surface area contributed by atoms with Gasteiger partial charge in [-0.2, -0.15) is 35.9 Å². The smallest absolute Gasteiger partial charge is 0.447 e. The summed E-state index contributed by atoms with van der Waals surface area (Å²) >= 11 is 0. The molecule has 2 rings (SSSR count). The Morgan fingerprint density at radius 1 is 1.64 bits per heavy atom. The summed E-state index contributed by atoms with van der Waals surface area (Å²) < 4.78 is 4.78. The van der Waals surface area contributed by atoms with E-state index in [4.69, 9.17) is 4.74 Å². The summed E-state index contributed by atoms with van der Waals surface area (Å²) in [6, 6.07) is 10.8. The van der Waals surface area contributed by atoms with Crippen molar-refractivity contribution in [3.63, 3.8) is 0 Å². The third-order valence-corrected chi connectivity index (χ3v) is 1.99. The predicted octanol–water partition coefficient (Wildman–Crippen LogP) is -1.86. The van der Waals surface area contributed by atoms with Crippen molar-refractivity contribution in [2.24, 2.45) is 0 Å². The first kappa shape index (κ1) is 11.2. The Morgan fingerprint density at radius 3 is 3.07 bits per heavy atom. The summed E-state index contributed by atoms with van der Waals surface area (Å²) in [5, 5.41) is 2.73. The van der Waals surface area contributed by atoms with Crippen molar-refractivity contribution >= 4 is 6.09 Å². The van der Waals surface area contributed by atoms with Crippen LogP contribution in [0.25, 0.3) is 0 Å². The van der Waals surface area contributed by atoms with Gasteiger partial charge in [-0.05, 0) is 6.42 Å². The maximum absolute atomic E-state index is 10.7. The first-order chi connectivity index (χ1) is 6.34. The Labute approximate surface area is 95.0 Å². The molecule has 1 heterocycles. The minimum atomic E-state index is -0.315. The van der Waals surface area contributed by atoms with E-state index >= 15 is 0 Å². The van der Waals surface area contributed by atoms with Crippen LogP contribution < -0.4 is 24.2 Å². The second-order valence-corrected chi connectivity index (χ2v) is 3.06. The van der Waals surface area contributed by atoms with E-state index in [1.54, 1.807) is 0 Å². The quantitative estimate of drug-likeness (QED) is 0.431. The number of alkyl carbamates (subject to hydrolysis) is 1. The van der Waals surface area contributed by atoms with Crippen LogP contribution in [0.3, 0.4) is 0 Å². The zero-order chi connectivity index (χ0) is 9.10. The summed E-state index contributed by atoms with van der Waals surface area (Å²) in [4.78, 5) is 10.7. The van der Waals surface area contributed by atoms with E-state index in [9.17, 15) is 4.79 Å². The molecule has 0 radical (unpaired) electrons. The van der Waals surface area contributed by atoms with Gasteiger partial charge < -0.3 is 10.1 Å². The molecule has 3 nitrogen and oxygen atoms in total. The van der Waals surface area contributed by atoms with Crippen LogP contribution in [0, 0.1) is 6.07 Å². The van der Waals surface area contributed by atoms with Gasteiger partial charge in [-0.1, -0.05) is 0 Å². The van der Waals surface area contributed by atoms with Crippen LogP contribution in [-0.2, 0) is 11.2 Å². The minimum absolute atomic E-state index is 0. The third kappa shape index (κ3) is 2.80. The zero-order valence-electron chi connectivity index (χ0n) is 8.12. The number of amides is 1. The van der Waals surface area contributed by atoms with E-state index in [0.717, 1.165) is 6.42 Å². The number of carbonyl (C=O) groups is 1. The van der Waals surface area contributed by atoms with Crippen LogP contribution in [0.2, 0.25) is 0 Å². The molecule has 1 N–H and O–H groups in total. The van der Waals surface area contributed by atoms with Crippen molar-refractivity contribution in [3.05, 3.63) is 35.9 Å². The Hall–Kier alpha value is -0.913. The monoisotopic (exact) mass is 183 g/mol. The number of rotatable bonds is 2. The molecular formula is C10H10LiNO2. The molecule has 4 heteroatoms. The van der Waals surface area contributed by atoms with Gasteiger partial charge in [0.15, 0.2) is 0 Å². The maximum atomic E-state index is 10.7. The van der Waals surface area contributed by atoms with Crippen molar-refractivity contribution in [2.75, 3.05) is 6.61 Å². The third-order valence-electron chi connectivity index (χ3n) is 1.99. The minimum Gasteiger partial charge on any atom is -0.447 e. The zero-order valence-corrected chi connectivity index (χ0v) is 8.12. The van der Waals surface area contributed by atoms with Crippen molar-refractivity contribution < 1.29 is 28.4 Å². The average molecular weight is 183 g/mol. The molecule has 1 aliphatic heterocycles. The number of cyclic esters (lactones) is 1. The van der Waals surface area contributed by atoms with Gasteiger partial charge in [0.25, 0.3) is 0 Å². The molecule has 14 heavy (non-hydrogen) atoms. The van der Waals surface area contributed by atoms with E-state index < -0.39 is 0 Å². The molecule has 1 atom stereocenters. The number of nitrogens with one attached hydrogen (secondary N) is 1. The average Bonchev–Trinajstić information content (AvgIpc) is 2.53. The fraction of sp³-hybridized carbons (Fsp3) is 0.300. The number of hydrogen-bond acceptors (Lipinski definition) is 2. The molecule has 0 aliphatic carbocycles. The molecule has 1 fully saturated rings. The fourth-order valence-electron chi connectivity index (χ4n) is 1.38. The second-order valence-electron chi connectivity index (χ2n) is 3.06. The maximum Gasteiger partial charge on any atom is 1.00 e. The standard InChI is InChI=1S/C10H10NO2.Li/c12-10-11-9(7-13-10)6-8-4-2-1-3-5-8;/h1-2,4-5,9H,6-7H2,(H,11,12);/q-1;+1/t9-;/m0./s1. The molecule has 0 spiro atoms. The molecule has 1 aromatic rings. The number of hydrogen-bond donors (Lipinski definition) is 1. The van der Waals surface area contributed by atoms with Crippen LogP contribution >= 0.6 is 0 Å². The Balaban J connectivity index is 0.000000980. The summed E-state index contributed by atoms with van der Waals surface area (Å²) in [6.07, 6.45) is 0.494. The van der Waals surface area contributed by atoms with Gasteiger partial charge in [0.05, 0.1) is 6.04 Å². The predicted molar refractivity (Wildman–Crippen MR) is 47.3 cm³/mol. The Kier molecular flexibility index (Phi) is 4.06. The number of benzene rings is 1. The Morgan fingerprint density at radius 2 is 2.50 bits per heavy atom. The molecule has 0 saturated carbocycles. The van der Waals surface area contributed by atoms with Crippen LogP contribution in [-0.4, -0.2) is 18.7 Å². The normalized spacial score (nSPS) is 19.4.